The van der Waals surface area contributed by atoms with Gasteiger partial charge >= 0.3 is 0 Å². The molecule has 0 fully saturated rings. The standard InChI is InChI=1S/C23H28BrClN2O3/c1-5-26-23(29)16(4)27(13-17-7-6-8-19(25)11-17)22(28)14-30-21-10-9-18(15(2)3)12-20(21)24/h6-12,15-16H,5,13-14H2,1-4H3,(H,26,29). The molecule has 0 radical (unpaired) electrons. The van der Waals surface area contributed by atoms with E-state index >= 15 is 0 Å². The van der Waals surface area contributed by atoms with Gasteiger partial charge in [-0.3, -0.25) is 9.59 Å². The van der Waals surface area contributed by atoms with Gasteiger partial charge in [0.05, 0.1) is 4.47 Å². The van der Waals surface area contributed by atoms with Crippen molar-refractivity contribution in [1.82, 2.24) is 10.2 Å². The molecule has 5 nitrogen and oxygen atoms in total. The molecule has 1 N–H and O–H groups in total. The van der Waals surface area contributed by atoms with Crippen LogP contribution in [0, 0.1) is 0 Å². The fourth-order valence-electron chi connectivity index (χ4n) is 2.95. The highest BCUT2D eigenvalue weighted by Crippen LogP contribution is 2.29. The lowest BCUT2D eigenvalue weighted by Gasteiger charge is -2.28. The zero-order chi connectivity index (χ0) is 22.3. The van der Waals surface area contributed by atoms with Crippen LogP contribution in [0.4, 0.5) is 0 Å². The molecule has 2 amide bonds. The average Bonchev–Trinajstić information content (AvgIpc) is 2.70. The summed E-state index contributed by atoms with van der Waals surface area (Å²) in [7, 11) is 0. The Bertz CT molecular complexity index is 889. The number of nitrogens with one attached hydrogen (secondary N) is 1. The topological polar surface area (TPSA) is 58.6 Å². The Balaban J connectivity index is 2.16. The summed E-state index contributed by atoms with van der Waals surface area (Å²) in [6.45, 7) is 8.35. The second-order valence-corrected chi connectivity index (χ2v) is 8.65. The molecule has 30 heavy (non-hydrogen) atoms. The second-order valence-electron chi connectivity index (χ2n) is 7.36. The number of hydrogen-bond donors (Lipinski definition) is 1. The zero-order valence-corrected chi connectivity index (χ0v) is 20.1. The molecule has 0 bridgehead atoms. The fourth-order valence-corrected chi connectivity index (χ4v) is 3.68. The lowest BCUT2D eigenvalue weighted by molar-refractivity contribution is -0.142. The average molecular weight is 496 g/mol. The van der Waals surface area contributed by atoms with Crippen LogP contribution < -0.4 is 10.1 Å². The Morgan fingerprint density at radius 2 is 1.90 bits per heavy atom. The maximum absolute atomic E-state index is 13.0. The summed E-state index contributed by atoms with van der Waals surface area (Å²) in [5.74, 6) is 0.480. The molecular weight excluding hydrogens is 468 g/mol. The van der Waals surface area contributed by atoms with Gasteiger partial charge in [0.2, 0.25) is 5.91 Å². The van der Waals surface area contributed by atoms with Crippen LogP contribution in [0.15, 0.2) is 46.9 Å². The van der Waals surface area contributed by atoms with Gasteiger partial charge in [0.15, 0.2) is 6.61 Å². The van der Waals surface area contributed by atoms with Crippen molar-refractivity contribution in [2.45, 2.75) is 46.2 Å². The van der Waals surface area contributed by atoms with Crippen LogP contribution in [0.3, 0.4) is 0 Å². The van der Waals surface area contributed by atoms with Gasteiger partial charge in [-0.2, -0.15) is 0 Å². The van der Waals surface area contributed by atoms with Gasteiger partial charge in [-0.25, -0.2) is 0 Å². The van der Waals surface area contributed by atoms with Gasteiger partial charge in [-0.1, -0.05) is 43.6 Å². The molecule has 1 unspecified atom stereocenters. The first-order valence-electron chi connectivity index (χ1n) is 9.96. The predicted molar refractivity (Wildman–Crippen MR) is 124 cm³/mol. The molecule has 0 heterocycles. The molecule has 1 atom stereocenters. The normalized spacial score (nSPS) is 11.8. The van der Waals surface area contributed by atoms with E-state index in [0.29, 0.717) is 23.2 Å². The van der Waals surface area contributed by atoms with Crippen LogP contribution >= 0.6 is 27.5 Å². The van der Waals surface area contributed by atoms with E-state index in [0.717, 1.165) is 10.0 Å². The van der Waals surface area contributed by atoms with Crippen LogP contribution in [-0.2, 0) is 16.1 Å². The lowest BCUT2D eigenvalue weighted by atomic mass is 10.0. The van der Waals surface area contributed by atoms with E-state index in [9.17, 15) is 9.59 Å². The first-order chi connectivity index (χ1) is 14.2. The third-order valence-corrected chi connectivity index (χ3v) is 5.59. The number of benzene rings is 2. The maximum atomic E-state index is 13.0. The van der Waals surface area contributed by atoms with Gasteiger partial charge in [-0.15, -0.1) is 0 Å². The number of rotatable bonds is 9. The molecule has 0 spiro atoms. The molecule has 2 aromatic carbocycles. The van der Waals surface area contributed by atoms with E-state index in [1.807, 2.05) is 37.3 Å². The van der Waals surface area contributed by atoms with Crippen LogP contribution in [0.1, 0.15) is 44.7 Å². The molecule has 0 aliphatic carbocycles. The van der Waals surface area contributed by atoms with Crippen molar-refractivity contribution < 1.29 is 14.3 Å². The monoisotopic (exact) mass is 494 g/mol. The Kier molecular flexibility index (Phi) is 9.18. The minimum absolute atomic E-state index is 0.177. The highest BCUT2D eigenvalue weighted by molar-refractivity contribution is 9.10. The summed E-state index contributed by atoms with van der Waals surface area (Å²) in [5, 5.41) is 3.35. The summed E-state index contributed by atoms with van der Waals surface area (Å²) in [6, 6.07) is 12.4. The van der Waals surface area contributed by atoms with Gasteiger partial charge < -0.3 is 15.0 Å². The van der Waals surface area contributed by atoms with Crippen molar-refractivity contribution >= 4 is 39.3 Å². The number of ether oxygens (including phenoxy) is 1. The summed E-state index contributed by atoms with van der Waals surface area (Å²) < 4.78 is 6.56. The van der Waals surface area contributed by atoms with Crippen molar-refractivity contribution in [3.63, 3.8) is 0 Å². The van der Waals surface area contributed by atoms with Crippen LogP contribution in [0.2, 0.25) is 5.02 Å². The molecular formula is C23H28BrClN2O3. The molecule has 0 saturated heterocycles. The summed E-state index contributed by atoms with van der Waals surface area (Å²) in [4.78, 5) is 26.9. The van der Waals surface area contributed by atoms with Crippen molar-refractivity contribution in [2.75, 3.05) is 13.2 Å². The highest BCUT2D eigenvalue weighted by atomic mass is 79.9. The number of nitrogens with zero attached hydrogens (tertiary/aromatic N) is 1. The van der Waals surface area contributed by atoms with Gasteiger partial charge in [0, 0.05) is 18.1 Å². The molecule has 0 aliphatic rings. The minimum atomic E-state index is -0.646. The van der Waals surface area contributed by atoms with Crippen molar-refractivity contribution in [3.05, 3.63) is 63.1 Å². The molecule has 2 rings (SSSR count). The van der Waals surface area contributed by atoms with E-state index in [2.05, 4.69) is 35.1 Å². The zero-order valence-electron chi connectivity index (χ0n) is 17.7. The Labute approximate surface area is 191 Å². The SMILES string of the molecule is CCNC(=O)C(C)N(Cc1cccc(Cl)c1)C(=O)COc1ccc(C(C)C)cc1Br. The van der Waals surface area contributed by atoms with E-state index in [-0.39, 0.29) is 25.0 Å². The van der Waals surface area contributed by atoms with E-state index in [1.165, 1.54) is 10.5 Å². The Morgan fingerprint density at radius 1 is 1.17 bits per heavy atom. The maximum Gasteiger partial charge on any atom is 0.261 e. The number of hydrogen-bond acceptors (Lipinski definition) is 3. The van der Waals surface area contributed by atoms with E-state index in [1.54, 1.807) is 19.1 Å². The third-order valence-electron chi connectivity index (χ3n) is 4.73. The molecule has 0 aliphatic heterocycles. The van der Waals surface area contributed by atoms with E-state index < -0.39 is 6.04 Å². The minimum Gasteiger partial charge on any atom is -0.483 e. The largest absolute Gasteiger partial charge is 0.483 e. The number of halogens is 2. The molecule has 2 aromatic rings. The summed E-state index contributed by atoms with van der Waals surface area (Å²) in [5.41, 5.74) is 2.02. The summed E-state index contributed by atoms with van der Waals surface area (Å²) >= 11 is 9.59. The molecule has 7 heteroatoms. The molecule has 0 aromatic heterocycles. The van der Waals surface area contributed by atoms with E-state index in [4.69, 9.17) is 16.3 Å². The molecule has 0 saturated carbocycles. The number of likely N-dealkylation sites (N-methyl/N-ethyl adjacent to an activating group) is 1. The summed E-state index contributed by atoms with van der Waals surface area (Å²) in [6.07, 6.45) is 0. The van der Waals surface area contributed by atoms with Gasteiger partial charge in [-0.05, 0) is 71.1 Å². The van der Waals surface area contributed by atoms with Crippen molar-refractivity contribution in [3.8, 4) is 5.75 Å². The third kappa shape index (κ3) is 6.74. The number of carbonyl (C=O) groups is 2. The van der Waals surface area contributed by atoms with Crippen molar-refractivity contribution in [1.29, 1.82) is 0 Å². The highest BCUT2D eigenvalue weighted by Gasteiger charge is 2.26. The molecule has 162 valence electrons. The second kappa shape index (κ2) is 11.4. The smallest absolute Gasteiger partial charge is 0.261 e. The first-order valence-corrected chi connectivity index (χ1v) is 11.1. The first kappa shape index (κ1) is 24.2. The van der Waals surface area contributed by atoms with Crippen LogP contribution in [-0.4, -0.2) is 35.9 Å². The number of amides is 2. The Morgan fingerprint density at radius 3 is 2.50 bits per heavy atom. The lowest BCUT2D eigenvalue weighted by Crippen LogP contribution is -2.49. The fraction of sp³-hybridized carbons (Fsp3) is 0.391. The van der Waals surface area contributed by atoms with Crippen molar-refractivity contribution in [2.24, 2.45) is 0 Å². The van der Waals surface area contributed by atoms with Crippen LogP contribution in [0.25, 0.3) is 0 Å². The van der Waals surface area contributed by atoms with Gasteiger partial charge in [0.1, 0.15) is 11.8 Å². The quantitative estimate of drug-likeness (QED) is 0.523. The Hall–Kier alpha value is -2.05. The van der Waals surface area contributed by atoms with Gasteiger partial charge in [0.25, 0.3) is 5.91 Å². The predicted octanol–water partition coefficient (Wildman–Crippen LogP) is 5.16. The van der Waals surface area contributed by atoms with Crippen LogP contribution in [0.5, 0.6) is 5.75 Å². The number of carbonyl (C=O) groups excluding carboxylic acids is 2.